The Morgan fingerprint density at radius 2 is 1.95 bits per heavy atom. The van der Waals surface area contributed by atoms with Crippen LogP contribution < -0.4 is 10.6 Å². The highest BCUT2D eigenvalue weighted by molar-refractivity contribution is 5.96. The lowest BCUT2D eigenvalue weighted by molar-refractivity contribution is -0.116. The summed E-state index contributed by atoms with van der Waals surface area (Å²) in [6, 6.07) is 14.6. The molecule has 1 atom stereocenters. The van der Waals surface area contributed by atoms with Crippen molar-refractivity contribution in [2.75, 3.05) is 10.6 Å². The van der Waals surface area contributed by atoms with E-state index in [-0.39, 0.29) is 11.9 Å². The second kappa shape index (κ2) is 6.77. The van der Waals surface area contributed by atoms with Crippen molar-refractivity contribution in [3.63, 3.8) is 0 Å². The fourth-order valence-electron chi connectivity index (χ4n) is 2.19. The van der Waals surface area contributed by atoms with Crippen LogP contribution >= 0.6 is 0 Å². The van der Waals surface area contributed by atoms with E-state index in [4.69, 9.17) is 5.26 Å². The van der Waals surface area contributed by atoms with Crippen molar-refractivity contribution in [3.05, 3.63) is 59.2 Å². The lowest BCUT2D eigenvalue weighted by Gasteiger charge is -2.17. The van der Waals surface area contributed by atoms with Gasteiger partial charge in [0.25, 0.3) is 0 Å². The zero-order chi connectivity index (χ0) is 16.1. The van der Waals surface area contributed by atoms with Crippen LogP contribution in [-0.4, -0.2) is 11.9 Å². The molecule has 0 heterocycles. The number of hydrogen-bond acceptors (Lipinski definition) is 3. The number of carbonyl (C=O) groups excluding carboxylic acids is 1. The van der Waals surface area contributed by atoms with Crippen LogP contribution in [0.5, 0.6) is 0 Å². The predicted octanol–water partition coefficient (Wildman–Crippen LogP) is 3.61. The molecule has 0 unspecified atom stereocenters. The predicted molar refractivity (Wildman–Crippen MR) is 88.8 cm³/mol. The molecule has 0 aliphatic heterocycles. The first-order chi connectivity index (χ1) is 10.5. The summed E-state index contributed by atoms with van der Waals surface area (Å²) in [5.41, 5.74) is 4.38. The molecule has 0 aromatic heterocycles. The normalized spacial score (nSPS) is 11.4. The van der Waals surface area contributed by atoms with Crippen molar-refractivity contribution in [2.24, 2.45) is 0 Å². The van der Waals surface area contributed by atoms with E-state index in [9.17, 15) is 4.79 Å². The molecule has 112 valence electrons. The van der Waals surface area contributed by atoms with Gasteiger partial charge in [0.2, 0.25) is 5.91 Å². The van der Waals surface area contributed by atoms with Gasteiger partial charge in [-0.05, 0) is 50.6 Å². The first-order valence-corrected chi connectivity index (χ1v) is 7.14. The maximum atomic E-state index is 12.2. The van der Waals surface area contributed by atoms with Gasteiger partial charge in [0.05, 0.1) is 11.6 Å². The molecule has 2 aromatic rings. The largest absolute Gasteiger partial charge is 0.374 e. The second-order valence-electron chi connectivity index (χ2n) is 5.37. The fourth-order valence-corrected chi connectivity index (χ4v) is 2.19. The van der Waals surface area contributed by atoms with E-state index >= 15 is 0 Å². The van der Waals surface area contributed by atoms with Crippen molar-refractivity contribution in [1.29, 1.82) is 5.26 Å². The SMILES string of the molecule is Cc1ccc(N[C@@H](C)C(=O)Nc2cccc(C#N)c2)c(C)c1. The van der Waals surface area contributed by atoms with Crippen molar-refractivity contribution in [3.8, 4) is 6.07 Å². The van der Waals surface area contributed by atoms with E-state index in [0.717, 1.165) is 11.3 Å². The molecule has 0 aliphatic rings. The monoisotopic (exact) mass is 293 g/mol. The average Bonchev–Trinajstić information content (AvgIpc) is 2.50. The molecule has 0 aliphatic carbocycles. The number of amides is 1. The molecule has 2 rings (SSSR count). The molecule has 2 aromatic carbocycles. The third-order valence-electron chi connectivity index (χ3n) is 3.41. The third-order valence-corrected chi connectivity index (χ3v) is 3.41. The van der Waals surface area contributed by atoms with Crippen molar-refractivity contribution >= 4 is 17.3 Å². The Balaban J connectivity index is 2.04. The lowest BCUT2D eigenvalue weighted by atomic mass is 10.1. The molecule has 0 radical (unpaired) electrons. The summed E-state index contributed by atoms with van der Waals surface area (Å²) in [6.45, 7) is 5.86. The number of benzene rings is 2. The Labute approximate surface area is 130 Å². The Kier molecular flexibility index (Phi) is 4.80. The standard InChI is InChI=1S/C18H19N3O/c1-12-7-8-17(13(2)9-12)20-14(3)18(22)21-16-6-4-5-15(10-16)11-19/h4-10,14,20H,1-3H3,(H,21,22)/t14-/m0/s1. The van der Waals surface area contributed by atoms with Crippen LogP contribution in [0.25, 0.3) is 0 Å². The molecular weight excluding hydrogens is 274 g/mol. The third kappa shape index (κ3) is 3.86. The van der Waals surface area contributed by atoms with Gasteiger partial charge in [0.15, 0.2) is 0 Å². The highest BCUT2D eigenvalue weighted by Gasteiger charge is 2.13. The summed E-state index contributed by atoms with van der Waals surface area (Å²) in [5.74, 6) is -0.143. The number of anilines is 2. The Hall–Kier alpha value is -2.80. The van der Waals surface area contributed by atoms with E-state index in [2.05, 4.69) is 22.8 Å². The van der Waals surface area contributed by atoms with E-state index in [0.29, 0.717) is 11.3 Å². The van der Waals surface area contributed by atoms with Gasteiger partial charge in [-0.25, -0.2) is 0 Å². The van der Waals surface area contributed by atoms with Crippen molar-refractivity contribution < 1.29 is 4.79 Å². The van der Waals surface area contributed by atoms with Gasteiger partial charge < -0.3 is 10.6 Å². The van der Waals surface area contributed by atoms with Crippen LogP contribution in [0.15, 0.2) is 42.5 Å². The van der Waals surface area contributed by atoms with Gasteiger partial charge in [0, 0.05) is 11.4 Å². The van der Waals surface area contributed by atoms with E-state index in [1.807, 2.05) is 32.9 Å². The molecule has 0 saturated heterocycles. The number of nitrogens with one attached hydrogen (secondary N) is 2. The molecule has 0 saturated carbocycles. The van der Waals surface area contributed by atoms with E-state index in [1.54, 1.807) is 24.3 Å². The summed E-state index contributed by atoms with van der Waals surface area (Å²) >= 11 is 0. The quantitative estimate of drug-likeness (QED) is 0.905. The second-order valence-corrected chi connectivity index (χ2v) is 5.37. The molecule has 0 fully saturated rings. The summed E-state index contributed by atoms with van der Waals surface area (Å²) in [7, 11) is 0. The van der Waals surface area contributed by atoms with Gasteiger partial charge >= 0.3 is 0 Å². The maximum absolute atomic E-state index is 12.2. The highest BCUT2D eigenvalue weighted by Crippen LogP contribution is 2.17. The number of nitrogens with zero attached hydrogens (tertiary/aromatic N) is 1. The van der Waals surface area contributed by atoms with Gasteiger partial charge in [-0.2, -0.15) is 5.26 Å². The van der Waals surface area contributed by atoms with E-state index in [1.165, 1.54) is 5.56 Å². The molecular formula is C18H19N3O. The van der Waals surface area contributed by atoms with Gasteiger partial charge in [-0.1, -0.05) is 23.8 Å². The summed E-state index contributed by atoms with van der Waals surface area (Å²) in [4.78, 5) is 12.2. The average molecular weight is 293 g/mol. The summed E-state index contributed by atoms with van der Waals surface area (Å²) in [6.07, 6.45) is 0. The first-order valence-electron chi connectivity index (χ1n) is 7.14. The van der Waals surface area contributed by atoms with Crippen LogP contribution in [-0.2, 0) is 4.79 Å². The number of aryl methyl sites for hydroxylation is 2. The fraction of sp³-hybridized carbons (Fsp3) is 0.222. The van der Waals surface area contributed by atoms with Crippen molar-refractivity contribution in [1.82, 2.24) is 0 Å². The molecule has 0 spiro atoms. The minimum atomic E-state index is -0.382. The van der Waals surface area contributed by atoms with Crippen LogP contribution in [0, 0.1) is 25.2 Å². The number of hydrogen-bond donors (Lipinski definition) is 2. The minimum absolute atomic E-state index is 0.143. The zero-order valence-corrected chi connectivity index (χ0v) is 13.0. The summed E-state index contributed by atoms with van der Waals surface area (Å²) in [5, 5.41) is 14.9. The first kappa shape index (κ1) is 15.6. The Morgan fingerprint density at radius 3 is 2.64 bits per heavy atom. The maximum Gasteiger partial charge on any atom is 0.246 e. The zero-order valence-electron chi connectivity index (χ0n) is 13.0. The number of carbonyl (C=O) groups is 1. The highest BCUT2D eigenvalue weighted by atomic mass is 16.2. The van der Waals surface area contributed by atoms with Crippen molar-refractivity contribution in [2.45, 2.75) is 26.8 Å². The van der Waals surface area contributed by atoms with E-state index < -0.39 is 0 Å². The summed E-state index contributed by atoms with van der Waals surface area (Å²) < 4.78 is 0. The van der Waals surface area contributed by atoms with Crippen LogP contribution in [0.1, 0.15) is 23.6 Å². The smallest absolute Gasteiger partial charge is 0.246 e. The Bertz CT molecular complexity index is 731. The minimum Gasteiger partial charge on any atom is -0.374 e. The number of rotatable bonds is 4. The molecule has 1 amide bonds. The van der Waals surface area contributed by atoms with Gasteiger partial charge in [-0.3, -0.25) is 4.79 Å². The van der Waals surface area contributed by atoms with Crippen LogP contribution in [0.3, 0.4) is 0 Å². The molecule has 4 nitrogen and oxygen atoms in total. The van der Waals surface area contributed by atoms with Gasteiger partial charge in [0.1, 0.15) is 6.04 Å². The van der Waals surface area contributed by atoms with Crippen LogP contribution in [0.4, 0.5) is 11.4 Å². The topological polar surface area (TPSA) is 64.9 Å². The van der Waals surface area contributed by atoms with Gasteiger partial charge in [-0.15, -0.1) is 0 Å². The Morgan fingerprint density at radius 1 is 1.18 bits per heavy atom. The number of nitriles is 1. The lowest BCUT2D eigenvalue weighted by Crippen LogP contribution is -2.32. The molecule has 4 heteroatoms. The van der Waals surface area contributed by atoms with Crippen LogP contribution in [0.2, 0.25) is 0 Å². The molecule has 22 heavy (non-hydrogen) atoms. The molecule has 2 N–H and O–H groups in total. The molecule has 0 bridgehead atoms.